The van der Waals surface area contributed by atoms with E-state index in [1.165, 1.54) is 0 Å². The van der Waals surface area contributed by atoms with Crippen LogP contribution in [-0.4, -0.2) is 49.0 Å². The van der Waals surface area contributed by atoms with E-state index in [1.807, 2.05) is 0 Å². The van der Waals surface area contributed by atoms with Gasteiger partial charge in [-0.1, -0.05) is 6.92 Å². The molecule has 1 atom stereocenters. The minimum absolute atomic E-state index is 0.0422. The second kappa shape index (κ2) is 5.48. The van der Waals surface area contributed by atoms with Crippen LogP contribution < -0.4 is 0 Å². The quantitative estimate of drug-likeness (QED) is 0.781. The molecule has 0 aromatic carbocycles. The third-order valence-electron chi connectivity index (χ3n) is 4.21. The minimum atomic E-state index is -0.0422. The third kappa shape index (κ3) is 3.19. The van der Waals surface area contributed by atoms with Crippen molar-refractivity contribution in [1.82, 2.24) is 4.90 Å². The number of hydrogen-bond acceptors (Lipinski definition) is 3. The van der Waals surface area contributed by atoms with Crippen LogP contribution in [0.25, 0.3) is 0 Å². The first-order chi connectivity index (χ1) is 7.46. The van der Waals surface area contributed by atoms with Crippen molar-refractivity contribution in [3.8, 4) is 0 Å². The highest BCUT2D eigenvalue weighted by Crippen LogP contribution is 2.31. The molecule has 1 unspecified atom stereocenters. The van der Waals surface area contributed by atoms with E-state index >= 15 is 0 Å². The molecular formula is C13H27NO2. The van der Waals surface area contributed by atoms with Gasteiger partial charge in [-0.05, 0) is 40.2 Å². The van der Waals surface area contributed by atoms with Gasteiger partial charge >= 0.3 is 0 Å². The molecule has 0 spiro atoms. The summed E-state index contributed by atoms with van der Waals surface area (Å²) in [5.41, 5.74) is 0.152. The van der Waals surface area contributed by atoms with Crippen LogP contribution in [0.5, 0.6) is 0 Å². The van der Waals surface area contributed by atoms with Crippen molar-refractivity contribution < 1.29 is 9.84 Å². The van der Waals surface area contributed by atoms with Crippen LogP contribution >= 0.6 is 0 Å². The number of aliphatic hydroxyl groups excluding tert-OH is 1. The van der Waals surface area contributed by atoms with Crippen LogP contribution in [-0.2, 0) is 4.74 Å². The van der Waals surface area contributed by atoms with Crippen molar-refractivity contribution in [2.24, 2.45) is 5.41 Å². The van der Waals surface area contributed by atoms with Gasteiger partial charge < -0.3 is 14.7 Å². The average Bonchev–Trinajstić information content (AvgIpc) is 2.30. The second-order valence-electron chi connectivity index (χ2n) is 5.84. The normalized spacial score (nSPS) is 27.4. The van der Waals surface area contributed by atoms with Gasteiger partial charge in [-0.15, -0.1) is 0 Å². The number of nitrogens with zero attached hydrogens (tertiary/aromatic N) is 1. The van der Waals surface area contributed by atoms with Gasteiger partial charge in [0, 0.05) is 24.1 Å². The first-order valence-corrected chi connectivity index (χ1v) is 6.36. The Morgan fingerprint density at radius 3 is 2.56 bits per heavy atom. The third-order valence-corrected chi connectivity index (χ3v) is 4.21. The smallest absolute Gasteiger partial charge is 0.0556 e. The van der Waals surface area contributed by atoms with E-state index in [0.717, 1.165) is 32.4 Å². The monoisotopic (exact) mass is 229 g/mol. The number of ether oxygens (including phenoxy) is 1. The lowest BCUT2D eigenvalue weighted by molar-refractivity contribution is -0.0642. The Morgan fingerprint density at radius 2 is 2.12 bits per heavy atom. The number of aliphatic hydroxyl groups is 1. The molecule has 96 valence electrons. The van der Waals surface area contributed by atoms with Crippen LogP contribution in [0.1, 0.15) is 40.0 Å². The van der Waals surface area contributed by atoms with Gasteiger partial charge in [0.05, 0.1) is 13.2 Å². The molecule has 1 fully saturated rings. The lowest BCUT2D eigenvalue weighted by Crippen LogP contribution is -2.50. The largest absolute Gasteiger partial charge is 0.396 e. The molecule has 0 aromatic heterocycles. The lowest BCUT2D eigenvalue weighted by atomic mass is 9.81. The molecule has 1 aliphatic heterocycles. The summed E-state index contributed by atoms with van der Waals surface area (Å²) in [5.74, 6) is 0. The van der Waals surface area contributed by atoms with Gasteiger partial charge in [0.15, 0.2) is 0 Å². The van der Waals surface area contributed by atoms with Crippen LogP contribution in [0.15, 0.2) is 0 Å². The Labute approximate surface area is 99.8 Å². The first-order valence-electron chi connectivity index (χ1n) is 6.36. The maximum Gasteiger partial charge on any atom is 0.0556 e. The average molecular weight is 229 g/mol. The minimum Gasteiger partial charge on any atom is -0.396 e. The Morgan fingerprint density at radius 1 is 1.44 bits per heavy atom. The van der Waals surface area contributed by atoms with Crippen molar-refractivity contribution >= 4 is 0 Å². The van der Waals surface area contributed by atoms with Crippen LogP contribution in [0, 0.1) is 5.41 Å². The summed E-state index contributed by atoms with van der Waals surface area (Å²) in [6.07, 6.45) is 3.26. The van der Waals surface area contributed by atoms with E-state index in [0.29, 0.717) is 6.61 Å². The molecule has 1 N–H and O–H groups in total. The highest BCUT2D eigenvalue weighted by molar-refractivity contribution is 4.88. The van der Waals surface area contributed by atoms with Crippen LogP contribution in [0.2, 0.25) is 0 Å². The van der Waals surface area contributed by atoms with Gasteiger partial charge in [0.2, 0.25) is 0 Å². The molecule has 16 heavy (non-hydrogen) atoms. The second-order valence-corrected chi connectivity index (χ2v) is 5.84. The summed E-state index contributed by atoms with van der Waals surface area (Å²) in [6, 6.07) is 0. The van der Waals surface area contributed by atoms with Crippen molar-refractivity contribution in [2.75, 3.05) is 33.4 Å². The van der Waals surface area contributed by atoms with Gasteiger partial charge in [0.25, 0.3) is 0 Å². The van der Waals surface area contributed by atoms with E-state index < -0.39 is 0 Å². The highest BCUT2D eigenvalue weighted by atomic mass is 16.5. The van der Waals surface area contributed by atoms with Crippen molar-refractivity contribution in [2.45, 2.75) is 45.6 Å². The summed E-state index contributed by atoms with van der Waals surface area (Å²) in [4.78, 5) is 2.36. The Kier molecular flexibility index (Phi) is 4.77. The summed E-state index contributed by atoms with van der Waals surface area (Å²) in [6.45, 7) is 9.42. The molecule has 3 nitrogen and oxygen atoms in total. The molecule has 0 amide bonds. The molecule has 3 heteroatoms. The Bertz CT molecular complexity index is 210. The summed E-state index contributed by atoms with van der Waals surface area (Å²) in [7, 11) is 2.15. The highest BCUT2D eigenvalue weighted by Gasteiger charge is 2.36. The van der Waals surface area contributed by atoms with Gasteiger partial charge in [0.1, 0.15) is 0 Å². The van der Waals surface area contributed by atoms with Crippen molar-refractivity contribution in [1.29, 1.82) is 0 Å². The van der Waals surface area contributed by atoms with E-state index in [9.17, 15) is 5.11 Å². The maximum atomic E-state index is 9.62. The fraction of sp³-hybridized carbons (Fsp3) is 1.00. The fourth-order valence-electron chi connectivity index (χ4n) is 2.20. The molecular weight excluding hydrogens is 202 g/mol. The van der Waals surface area contributed by atoms with Crippen molar-refractivity contribution in [3.05, 3.63) is 0 Å². The lowest BCUT2D eigenvalue weighted by Gasteiger charge is -2.44. The molecule has 1 aliphatic rings. The van der Waals surface area contributed by atoms with E-state index in [4.69, 9.17) is 4.74 Å². The van der Waals surface area contributed by atoms with E-state index in [-0.39, 0.29) is 17.6 Å². The van der Waals surface area contributed by atoms with E-state index in [1.54, 1.807) is 0 Å². The zero-order valence-electron chi connectivity index (χ0n) is 11.3. The molecule has 0 aliphatic carbocycles. The number of hydrogen-bond donors (Lipinski definition) is 1. The van der Waals surface area contributed by atoms with Gasteiger partial charge in [-0.3, -0.25) is 0 Å². The summed E-state index contributed by atoms with van der Waals surface area (Å²) in [5, 5.41) is 9.62. The molecule has 0 bridgehead atoms. The SMILES string of the molecule is CCC(C)(C)N(C)CC1(CO)CCCOC1. The van der Waals surface area contributed by atoms with Gasteiger partial charge in [-0.2, -0.15) is 0 Å². The Balaban J connectivity index is 2.62. The molecule has 0 radical (unpaired) electrons. The topological polar surface area (TPSA) is 32.7 Å². The number of rotatable bonds is 5. The zero-order valence-corrected chi connectivity index (χ0v) is 11.3. The zero-order chi connectivity index (χ0) is 12.2. The molecule has 0 saturated carbocycles. The molecule has 1 rings (SSSR count). The van der Waals surface area contributed by atoms with E-state index in [2.05, 4.69) is 32.7 Å². The summed E-state index contributed by atoms with van der Waals surface area (Å²) >= 11 is 0. The van der Waals surface area contributed by atoms with Gasteiger partial charge in [-0.25, -0.2) is 0 Å². The molecule has 0 aromatic rings. The molecule has 1 saturated heterocycles. The fourth-order valence-corrected chi connectivity index (χ4v) is 2.20. The van der Waals surface area contributed by atoms with Crippen LogP contribution in [0.4, 0.5) is 0 Å². The maximum absolute atomic E-state index is 9.62. The predicted molar refractivity (Wildman–Crippen MR) is 66.6 cm³/mol. The van der Waals surface area contributed by atoms with Crippen LogP contribution in [0.3, 0.4) is 0 Å². The summed E-state index contributed by atoms with van der Waals surface area (Å²) < 4.78 is 5.54. The first kappa shape index (κ1) is 13.9. The standard InChI is InChI=1S/C13H27NO2/c1-5-12(2,3)14(4)9-13(10-15)7-6-8-16-11-13/h15H,5-11H2,1-4H3. The van der Waals surface area contributed by atoms with Crippen molar-refractivity contribution in [3.63, 3.8) is 0 Å². The predicted octanol–water partition coefficient (Wildman–Crippen LogP) is 1.90. The Hall–Kier alpha value is -0.120. The molecule has 1 heterocycles.